The second kappa shape index (κ2) is 12.2. The van der Waals surface area contributed by atoms with Crippen LogP contribution in [0.4, 0.5) is 5.69 Å². The Morgan fingerprint density at radius 3 is 2.19 bits per heavy atom. The van der Waals surface area contributed by atoms with Crippen molar-refractivity contribution in [1.29, 1.82) is 0 Å². The summed E-state index contributed by atoms with van der Waals surface area (Å²) in [6, 6.07) is 0. The van der Waals surface area contributed by atoms with Crippen LogP contribution in [0.25, 0.3) is 0 Å². The molecule has 5 nitrogen and oxygen atoms in total. The number of rotatable bonds is 5. The molecule has 3 N–H and O–H groups in total. The maximum Gasteiger partial charge on any atom is 0.216 e. The first-order valence-electron chi connectivity index (χ1n) is 7.71. The summed E-state index contributed by atoms with van der Waals surface area (Å²) >= 11 is 0. The Labute approximate surface area is 130 Å². The van der Waals surface area contributed by atoms with E-state index < -0.39 is 0 Å². The zero-order valence-corrected chi connectivity index (χ0v) is 14.9. The molecule has 0 bridgehead atoms. The molecule has 0 spiro atoms. The molecule has 0 aliphatic rings. The summed E-state index contributed by atoms with van der Waals surface area (Å²) < 4.78 is 1.81. The van der Waals surface area contributed by atoms with Crippen LogP contribution < -0.4 is 11.1 Å². The fraction of sp³-hybridized carbons (Fsp3) is 0.750. The van der Waals surface area contributed by atoms with Gasteiger partial charge in [0.25, 0.3) is 0 Å². The zero-order valence-electron chi connectivity index (χ0n) is 14.9. The van der Waals surface area contributed by atoms with Crippen molar-refractivity contribution in [3.05, 3.63) is 12.4 Å². The van der Waals surface area contributed by atoms with Crippen LogP contribution in [-0.2, 0) is 11.3 Å². The van der Waals surface area contributed by atoms with Gasteiger partial charge in [-0.25, -0.2) is 0 Å². The highest BCUT2D eigenvalue weighted by Gasteiger charge is 1.96. The smallest absolute Gasteiger partial charge is 0.216 e. The van der Waals surface area contributed by atoms with Gasteiger partial charge in [-0.15, -0.1) is 0 Å². The molecule has 0 aliphatic carbocycles. The van der Waals surface area contributed by atoms with E-state index >= 15 is 0 Å². The molecule has 21 heavy (non-hydrogen) atoms. The third-order valence-electron chi connectivity index (χ3n) is 1.84. The van der Waals surface area contributed by atoms with Gasteiger partial charge in [0, 0.05) is 26.2 Å². The average Bonchev–Trinajstić information content (AvgIpc) is 2.75. The Morgan fingerprint density at radius 1 is 1.29 bits per heavy atom. The molecule has 0 saturated heterocycles. The summed E-state index contributed by atoms with van der Waals surface area (Å²) in [5.41, 5.74) is 6.70. The van der Waals surface area contributed by atoms with Crippen molar-refractivity contribution < 1.29 is 4.79 Å². The standard InChI is InChI=1S/C9H16N4O.C5H12.C2H6/c1-8(14)11-4-2-3-5-13-7-9(10)6-12-13;1-5(2,3)4;1-2/h6-7H,2-5,10H2,1H3,(H,11,14);1-4H3;1-2H3. The number of hydrogen-bond donors (Lipinski definition) is 2. The normalized spacial score (nSPS) is 9.86. The van der Waals surface area contributed by atoms with Gasteiger partial charge in [-0.3, -0.25) is 9.48 Å². The number of hydrogen-bond acceptors (Lipinski definition) is 3. The van der Waals surface area contributed by atoms with E-state index in [4.69, 9.17) is 5.73 Å². The van der Waals surface area contributed by atoms with Gasteiger partial charge in [-0.2, -0.15) is 5.10 Å². The number of carbonyl (C=O) groups is 1. The molecule has 0 saturated carbocycles. The van der Waals surface area contributed by atoms with Gasteiger partial charge in [0.1, 0.15) is 0 Å². The van der Waals surface area contributed by atoms with E-state index in [1.54, 1.807) is 12.4 Å². The maximum atomic E-state index is 10.5. The molecule has 5 heteroatoms. The molecule has 124 valence electrons. The lowest BCUT2D eigenvalue weighted by atomic mass is 10.0. The summed E-state index contributed by atoms with van der Waals surface area (Å²) in [5, 5.41) is 6.80. The van der Waals surface area contributed by atoms with Gasteiger partial charge in [0.2, 0.25) is 5.91 Å². The Balaban J connectivity index is 0. The molecule has 1 rings (SSSR count). The van der Waals surface area contributed by atoms with Gasteiger partial charge in [0.15, 0.2) is 0 Å². The number of nitrogen functional groups attached to an aromatic ring is 1. The summed E-state index contributed by atoms with van der Waals surface area (Å²) in [5.74, 6) is 0.0216. The number of nitrogens with one attached hydrogen (secondary N) is 1. The average molecular weight is 298 g/mol. The minimum Gasteiger partial charge on any atom is -0.396 e. The van der Waals surface area contributed by atoms with Crippen molar-refractivity contribution in [3.63, 3.8) is 0 Å². The van der Waals surface area contributed by atoms with E-state index in [2.05, 4.69) is 38.1 Å². The second-order valence-corrected chi connectivity index (χ2v) is 6.23. The van der Waals surface area contributed by atoms with Crippen LogP contribution in [0, 0.1) is 5.41 Å². The van der Waals surface area contributed by atoms with Crippen LogP contribution in [0.3, 0.4) is 0 Å². The van der Waals surface area contributed by atoms with Gasteiger partial charge in [-0.05, 0) is 18.3 Å². The lowest BCUT2D eigenvalue weighted by molar-refractivity contribution is -0.118. The fourth-order valence-corrected chi connectivity index (χ4v) is 1.17. The van der Waals surface area contributed by atoms with Gasteiger partial charge in [-0.1, -0.05) is 41.5 Å². The van der Waals surface area contributed by atoms with Gasteiger partial charge in [0.05, 0.1) is 11.9 Å². The molecule has 0 fully saturated rings. The monoisotopic (exact) mass is 298 g/mol. The largest absolute Gasteiger partial charge is 0.396 e. The highest BCUT2D eigenvalue weighted by molar-refractivity contribution is 5.72. The predicted octanol–water partition coefficient (Wildman–Crippen LogP) is 3.46. The molecule has 1 aromatic rings. The van der Waals surface area contributed by atoms with Crippen LogP contribution >= 0.6 is 0 Å². The molecule has 1 heterocycles. The SMILES string of the molecule is CC.CC(=O)NCCCCn1cc(N)cn1.CC(C)(C)C. The first-order chi connectivity index (χ1) is 9.68. The van der Waals surface area contributed by atoms with Crippen LogP contribution in [-0.4, -0.2) is 22.2 Å². The van der Waals surface area contributed by atoms with Crippen LogP contribution in [0.15, 0.2) is 12.4 Å². The third kappa shape index (κ3) is 20.9. The van der Waals surface area contributed by atoms with Crippen LogP contribution in [0.1, 0.15) is 61.3 Å². The molecule has 0 aliphatic heterocycles. The van der Waals surface area contributed by atoms with Crippen LogP contribution in [0.2, 0.25) is 0 Å². The molecule has 0 unspecified atom stereocenters. The number of nitrogens with zero attached hydrogens (tertiary/aromatic N) is 2. The molecule has 0 aromatic carbocycles. The highest BCUT2D eigenvalue weighted by atomic mass is 16.1. The second-order valence-electron chi connectivity index (χ2n) is 6.23. The zero-order chi connectivity index (χ0) is 16.9. The molecular weight excluding hydrogens is 264 g/mol. The first kappa shape index (κ1) is 21.8. The number of amides is 1. The number of anilines is 1. The first-order valence-corrected chi connectivity index (χ1v) is 7.71. The predicted molar refractivity (Wildman–Crippen MR) is 91.0 cm³/mol. The minimum absolute atomic E-state index is 0.0216. The van der Waals surface area contributed by atoms with Crippen LogP contribution in [0.5, 0.6) is 0 Å². The molecule has 0 atom stereocenters. The number of nitrogens with two attached hydrogens (primary N) is 1. The molecule has 1 aromatic heterocycles. The number of aryl methyl sites for hydroxylation is 1. The van der Waals surface area contributed by atoms with E-state index in [9.17, 15) is 4.79 Å². The van der Waals surface area contributed by atoms with Crippen molar-refractivity contribution in [2.75, 3.05) is 12.3 Å². The van der Waals surface area contributed by atoms with E-state index in [0.717, 1.165) is 25.9 Å². The molecule has 1 amide bonds. The highest BCUT2D eigenvalue weighted by Crippen LogP contribution is 2.08. The van der Waals surface area contributed by atoms with Crippen molar-refractivity contribution in [1.82, 2.24) is 15.1 Å². The maximum absolute atomic E-state index is 10.5. The van der Waals surface area contributed by atoms with Gasteiger partial charge < -0.3 is 11.1 Å². The van der Waals surface area contributed by atoms with Crippen molar-refractivity contribution in [3.8, 4) is 0 Å². The lowest BCUT2D eigenvalue weighted by Gasteiger charge is -2.05. The van der Waals surface area contributed by atoms with Crippen molar-refractivity contribution >= 4 is 11.6 Å². The van der Waals surface area contributed by atoms with E-state index in [-0.39, 0.29) is 5.91 Å². The Morgan fingerprint density at radius 2 is 1.81 bits per heavy atom. The topological polar surface area (TPSA) is 72.9 Å². The third-order valence-corrected chi connectivity index (χ3v) is 1.84. The molecule has 0 radical (unpaired) electrons. The number of unbranched alkanes of at least 4 members (excludes halogenated alkanes) is 1. The Kier molecular flexibility index (Phi) is 12.7. The van der Waals surface area contributed by atoms with E-state index in [1.807, 2.05) is 18.5 Å². The van der Waals surface area contributed by atoms with Crippen molar-refractivity contribution in [2.45, 2.75) is 67.9 Å². The molecular formula is C16H34N4O. The summed E-state index contributed by atoms with van der Waals surface area (Å²) in [6.07, 6.45) is 5.38. The fourth-order valence-electron chi connectivity index (χ4n) is 1.17. The summed E-state index contributed by atoms with van der Waals surface area (Å²) in [7, 11) is 0. The quantitative estimate of drug-likeness (QED) is 0.818. The summed E-state index contributed by atoms with van der Waals surface area (Å²) in [4.78, 5) is 10.5. The Hall–Kier alpha value is -1.52. The minimum atomic E-state index is 0.0216. The number of carbonyl (C=O) groups excluding carboxylic acids is 1. The van der Waals surface area contributed by atoms with E-state index in [0.29, 0.717) is 11.1 Å². The Bertz CT molecular complexity index is 361. The number of aromatic nitrogens is 2. The van der Waals surface area contributed by atoms with Gasteiger partial charge >= 0.3 is 0 Å². The van der Waals surface area contributed by atoms with Crippen molar-refractivity contribution in [2.24, 2.45) is 5.41 Å². The summed E-state index contributed by atoms with van der Waals surface area (Å²) in [6.45, 7) is 15.8. The lowest BCUT2D eigenvalue weighted by Crippen LogP contribution is -2.21. The van der Waals surface area contributed by atoms with E-state index in [1.165, 1.54) is 6.92 Å².